The van der Waals surface area contributed by atoms with E-state index in [4.69, 9.17) is 0 Å². The van der Waals surface area contributed by atoms with E-state index in [-0.39, 0.29) is 11.2 Å². The predicted octanol–water partition coefficient (Wildman–Crippen LogP) is 6.98. The molecule has 0 aromatic rings. The molecule has 0 radical (unpaired) electrons. The fourth-order valence-corrected chi connectivity index (χ4v) is 8.79. The van der Waals surface area contributed by atoms with Gasteiger partial charge in [0.2, 0.25) is 0 Å². The zero-order valence-electron chi connectivity index (χ0n) is 20.9. The van der Waals surface area contributed by atoms with Gasteiger partial charge < -0.3 is 5.11 Å². The predicted molar refractivity (Wildman–Crippen MR) is 129 cm³/mol. The molecule has 3 saturated carbocycles. The van der Waals surface area contributed by atoms with E-state index in [0.717, 1.165) is 30.3 Å². The normalized spacial score (nSPS) is 44.6. The van der Waals surface area contributed by atoms with Gasteiger partial charge in [-0.15, -0.1) is 0 Å². The summed E-state index contributed by atoms with van der Waals surface area (Å²) >= 11 is 0. The quantitative estimate of drug-likeness (QED) is 0.481. The number of carbonyl (C=O) groups excluding carboxylic acids is 1. The van der Waals surface area contributed by atoms with Gasteiger partial charge in [0.25, 0.3) is 0 Å². The molecule has 0 saturated heterocycles. The van der Waals surface area contributed by atoms with Crippen molar-refractivity contribution in [3.8, 4) is 0 Å². The third kappa shape index (κ3) is 3.79. The van der Waals surface area contributed by atoms with E-state index in [1.54, 1.807) is 0 Å². The second kappa shape index (κ2) is 8.47. The van der Waals surface area contributed by atoms with Crippen LogP contribution in [-0.2, 0) is 4.79 Å². The van der Waals surface area contributed by atoms with E-state index in [0.29, 0.717) is 41.4 Å². The summed E-state index contributed by atoms with van der Waals surface area (Å²) in [5.41, 5.74) is 1.50. The summed E-state index contributed by atoms with van der Waals surface area (Å²) in [4.78, 5) is 12.1. The number of rotatable bonds is 5. The maximum Gasteiger partial charge on any atom is 0.155 e. The lowest BCUT2D eigenvalue weighted by atomic mass is 9.46. The molecule has 9 atom stereocenters. The zero-order valence-corrected chi connectivity index (χ0v) is 20.9. The Hall–Kier alpha value is -0.890. The molecule has 0 heterocycles. The molecule has 174 valence electrons. The summed E-state index contributed by atoms with van der Waals surface area (Å²) in [7, 11) is 0. The van der Waals surface area contributed by atoms with Gasteiger partial charge in [-0.3, -0.25) is 4.79 Å². The molecule has 3 fully saturated rings. The van der Waals surface area contributed by atoms with Crippen LogP contribution in [0.2, 0.25) is 0 Å². The average molecular weight is 427 g/mol. The summed E-state index contributed by atoms with van der Waals surface area (Å²) in [6, 6.07) is 0. The SMILES string of the molecule is CC[C@H](C=C[C@@H](C)[C@H]1CC[C@H]2[C@@H]3CC(O)C4=CC(=O)CC[C@]4(C)[C@H]3CC[C@]12C)C(C)C. The van der Waals surface area contributed by atoms with Crippen molar-refractivity contribution in [3.05, 3.63) is 23.8 Å². The minimum Gasteiger partial charge on any atom is -0.389 e. The Kier molecular flexibility index (Phi) is 6.36. The zero-order chi connectivity index (χ0) is 22.6. The van der Waals surface area contributed by atoms with Crippen LogP contribution in [-0.4, -0.2) is 17.0 Å². The molecule has 0 bridgehead atoms. The topological polar surface area (TPSA) is 37.3 Å². The molecule has 1 unspecified atom stereocenters. The molecular weight excluding hydrogens is 380 g/mol. The Labute approximate surface area is 191 Å². The van der Waals surface area contributed by atoms with Gasteiger partial charge in [0, 0.05) is 6.42 Å². The van der Waals surface area contributed by atoms with E-state index < -0.39 is 6.10 Å². The van der Waals surface area contributed by atoms with E-state index in [1.807, 2.05) is 6.08 Å². The van der Waals surface area contributed by atoms with Crippen molar-refractivity contribution >= 4 is 5.78 Å². The molecule has 2 heteroatoms. The fraction of sp³-hybridized carbons (Fsp3) is 0.828. The van der Waals surface area contributed by atoms with Crippen LogP contribution in [0.5, 0.6) is 0 Å². The molecule has 0 aromatic heterocycles. The summed E-state index contributed by atoms with van der Waals surface area (Å²) in [6.45, 7) is 14.4. The Balaban J connectivity index is 1.55. The van der Waals surface area contributed by atoms with Crippen molar-refractivity contribution in [2.75, 3.05) is 0 Å². The third-order valence-electron chi connectivity index (χ3n) is 10.7. The van der Waals surface area contributed by atoms with E-state index in [1.165, 1.54) is 32.1 Å². The van der Waals surface area contributed by atoms with Crippen molar-refractivity contribution in [1.29, 1.82) is 0 Å². The number of fused-ring (bicyclic) bond motifs is 5. The van der Waals surface area contributed by atoms with Crippen molar-refractivity contribution < 1.29 is 9.90 Å². The molecule has 2 nitrogen and oxygen atoms in total. The number of hydrogen-bond donors (Lipinski definition) is 1. The number of allylic oxidation sites excluding steroid dienone is 2. The maximum absolute atomic E-state index is 12.1. The summed E-state index contributed by atoms with van der Waals surface area (Å²) in [5.74, 6) is 5.00. The summed E-state index contributed by atoms with van der Waals surface area (Å²) in [6.07, 6.45) is 15.4. The highest BCUT2D eigenvalue weighted by Gasteiger charge is 2.60. The first-order valence-corrected chi connectivity index (χ1v) is 13.2. The van der Waals surface area contributed by atoms with Gasteiger partial charge in [-0.1, -0.05) is 53.7 Å². The highest BCUT2D eigenvalue weighted by molar-refractivity contribution is 5.91. The molecule has 4 rings (SSSR count). The summed E-state index contributed by atoms with van der Waals surface area (Å²) < 4.78 is 0. The minimum absolute atomic E-state index is 0.0345. The maximum atomic E-state index is 12.1. The smallest absolute Gasteiger partial charge is 0.155 e. The lowest BCUT2D eigenvalue weighted by Gasteiger charge is -2.59. The first kappa shape index (κ1) is 23.3. The highest BCUT2D eigenvalue weighted by Crippen LogP contribution is 2.67. The number of aliphatic hydroxyl groups excluding tert-OH is 1. The molecule has 0 aliphatic heterocycles. The van der Waals surface area contributed by atoms with Crippen LogP contribution < -0.4 is 0 Å². The van der Waals surface area contributed by atoms with Gasteiger partial charge in [-0.25, -0.2) is 0 Å². The molecule has 4 aliphatic rings. The molecule has 4 aliphatic carbocycles. The molecule has 0 spiro atoms. The molecule has 0 aromatic carbocycles. The minimum atomic E-state index is -0.412. The van der Waals surface area contributed by atoms with E-state index in [2.05, 4.69) is 53.7 Å². The Morgan fingerprint density at radius 1 is 1.10 bits per heavy atom. The lowest BCUT2D eigenvalue weighted by molar-refractivity contribution is -0.119. The van der Waals surface area contributed by atoms with Crippen LogP contribution in [0.4, 0.5) is 0 Å². The van der Waals surface area contributed by atoms with Crippen molar-refractivity contribution in [1.82, 2.24) is 0 Å². The van der Waals surface area contributed by atoms with Gasteiger partial charge in [0.15, 0.2) is 5.78 Å². The third-order valence-corrected chi connectivity index (χ3v) is 10.7. The average Bonchev–Trinajstić information content (AvgIpc) is 3.07. The molecule has 0 amide bonds. The Morgan fingerprint density at radius 2 is 1.84 bits per heavy atom. The van der Waals surface area contributed by atoms with Crippen LogP contribution in [0.25, 0.3) is 0 Å². The second-order valence-electron chi connectivity index (χ2n) is 12.4. The number of ketones is 1. The van der Waals surface area contributed by atoms with Crippen molar-refractivity contribution in [3.63, 3.8) is 0 Å². The van der Waals surface area contributed by atoms with Crippen LogP contribution in [0.15, 0.2) is 23.8 Å². The fourth-order valence-electron chi connectivity index (χ4n) is 8.79. The van der Waals surface area contributed by atoms with Crippen LogP contribution in [0.3, 0.4) is 0 Å². The first-order chi connectivity index (χ1) is 14.6. The van der Waals surface area contributed by atoms with Crippen LogP contribution >= 0.6 is 0 Å². The lowest BCUT2D eigenvalue weighted by Crippen LogP contribution is -2.54. The monoisotopic (exact) mass is 426 g/mol. The highest BCUT2D eigenvalue weighted by atomic mass is 16.3. The largest absolute Gasteiger partial charge is 0.389 e. The standard InChI is InChI=1S/C29H46O2/c1-7-20(18(2)3)9-8-19(4)23-10-11-24-22-17-27(31)26-16-21(30)12-14-29(26,6)25(22)13-15-28(23,24)5/h8-9,16,18-20,22-25,27,31H,7,10-15,17H2,1-6H3/t19-,20-,22+,23-,24+,25+,27?,28-,29-/m1/s1. The Bertz CT molecular complexity index is 748. The second-order valence-corrected chi connectivity index (χ2v) is 12.4. The van der Waals surface area contributed by atoms with Gasteiger partial charge in [-0.2, -0.15) is 0 Å². The van der Waals surface area contributed by atoms with E-state index in [9.17, 15) is 9.90 Å². The van der Waals surface area contributed by atoms with Gasteiger partial charge in [0.05, 0.1) is 6.10 Å². The van der Waals surface area contributed by atoms with Gasteiger partial charge >= 0.3 is 0 Å². The molecular formula is C29H46O2. The number of carbonyl (C=O) groups is 1. The first-order valence-electron chi connectivity index (χ1n) is 13.2. The van der Waals surface area contributed by atoms with Gasteiger partial charge in [0.1, 0.15) is 0 Å². The summed E-state index contributed by atoms with van der Waals surface area (Å²) in [5, 5.41) is 11.1. The van der Waals surface area contributed by atoms with E-state index >= 15 is 0 Å². The number of hydrogen-bond acceptors (Lipinski definition) is 2. The molecule has 1 N–H and O–H groups in total. The van der Waals surface area contributed by atoms with Crippen molar-refractivity contribution in [2.45, 2.75) is 99.0 Å². The van der Waals surface area contributed by atoms with Crippen LogP contribution in [0.1, 0.15) is 92.9 Å². The Morgan fingerprint density at radius 3 is 2.52 bits per heavy atom. The number of aliphatic hydroxyl groups is 1. The van der Waals surface area contributed by atoms with Gasteiger partial charge in [-0.05, 0) is 109 Å². The molecule has 31 heavy (non-hydrogen) atoms. The van der Waals surface area contributed by atoms with Crippen molar-refractivity contribution in [2.24, 2.45) is 52.3 Å². The van der Waals surface area contributed by atoms with Crippen LogP contribution in [0, 0.1) is 52.3 Å².